The molecule has 1 aliphatic rings. The third kappa shape index (κ3) is 4.23. The lowest BCUT2D eigenvalue weighted by atomic mass is 10.2. The monoisotopic (exact) mass is 298 g/mol. The number of aromatic nitrogens is 2. The first-order valence-electron chi connectivity index (χ1n) is 6.55. The standard InChI is InChI=1S/C13H19ClN4O2/c1-13(2,3)20-12(19)18-5-4-9(8-18)16-11-7-15-6-10(14)17-11/h6-7,9H,4-5,8H2,1-3H3,(H,16,17)/t9-/m1/s1. The van der Waals surface area contributed by atoms with Crippen LogP contribution in [0.25, 0.3) is 0 Å². The van der Waals surface area contributed by atoms with E-state index in [4.69, 9.17) is 16.3 Å². The van der Waals surface area contributed by atoms with Crippen LogP contribution in [0.4, 0.5) is 10.6 Å². The molecule has 2 heterocycles. The van der Waals surface area contributed by atoms with Crippen molar-refractivity contribution in [3.8, 4) is 0 Å². The van der Waals surface area contributed by atoms with Crippen molar-refractivity contribution in [1.82, 2.24) is 14.9 Å². The highest BCUT2D eigenvalue weighted by Crippen LogP contribution is 2.18. The Morgan fingerprint density at radius 2 is 2.25 bits per heavy atom. The van der Waals surface area contributed by atoms with Gasteiger partial charge in [0.25, 0.3) is 0 Å². The number of rotatable bonds is 2. The van der Waals surface area contributed by atoms with Crippen LogP contribution in [0.5, 0.6) is 0 Å². The smallest absolute Gasteiger partial charge is 0.410 e. The maximum atomic E-state index is 11.9. The molecule has 20 heavy (non-hydrogen) atoms. The third-order valence-electron chi connectivity index (χ3n) is 2.80. The fraction of sp³-hybridized carbons (Fsp3) is 0.615. The highest BCUT2D eigenvalue weighted by Gasteiger charge is 2.29. The van der Waals surface area contributed by atoms with Gasteiger partial charge in [-0.2, -0.15) is 0 Å². The van der Waals surface area contributed by atoms with E-state index in [0.717, 1.165) is 6.42 Å². The Kier molecular flexibility index (Phi) is 4.32. The van der Waals surface area contributed by atoms with Gasteiger partial charge < -0.3 is 15.0 Å². The lowest BCUT2D eigenvalue weighted by molar-refractivity contribution is 0.0293. The lowest BCUT2D eigenvalue weighted by Gasteiger charge is -2.24. The van der Waals surface area contributed by atoms with Crippen LogP contribution in [0.1, 0.15) is 27.2 Å². The summed E-state index contributed by atoms with van der Waals surface area (Å²) >= 11 is 5.78. The summed E-state index contributed by atoms with van der Waals surface area (Å²) in [5.74, 6) is 0.619. The van der Waals surface area contributed by atoms with Crippen LogP contribution in [0, 0.1) is 0 Å². The quantitative estimate of drug-likeness (QED) is 0.909. The first kappa shape index (κ1) is 14.8. The number of ether oxygens (including phenoxy) is 1. The molecule has 0 spiro atoms. The average Bonchev–Trinajstić information content (AvgIpc) is 2.75. The van der Waals surface area contributed by atoms with E-state index in [2.05, 4.69) is 15.3 Å². The van der Waals surface area contributed by atoms with Gasteiger partial charge in [0.15, 0.2) is 0 Å². The van der Waals surface area contributed by atoms with E-state index in [1.165, 1.54) is 6.20 Å². The van der Waals surface area contributed by atoms with Gasteiger partial charge in [0.05, 0.1) is 12.4 Å². The molecule has 1 fully saturated rings. The largest absolute Gasteiger partial charge is 0.444 e. The van der Waals surface area contributed by atoms with Crippen LogP contribution in [0.3, 0.4) is 0 Å². The van der Waals surface area contributed by atoms with Crippen molar-refractivity contribution < 1.29 is 9.53 Å². The molecule has 1 aliphatic heterocycles. The molecule has 1 saturated heterocycles. The van der Waals surface area contributed by atoms with Gasteiger partial charge in [0.2, 0.25) is 0 Å². The van der Waals surface area contributed by atoms with E-state index < -0.39 is 5.60 Å². The van der Waals surface area contributed by atoms with Crippen molar-refractivity contribution in [2.24, 2.45) is 0 Å². The number of halogens is 1. The van der Waals surface area contributed by atoms with Gasteiger partial charge in [0.1, 0.15) is 16.6 Å². The number of carbonyl (C=O) groups is 1. The number of nitrogens with zero attached hydrogens (tertiary/aromatic N) is 3. The van der Waals surface area contributed by atoms with E-state index in [1.54, 1.807) is 11.1 Å². The van der Waals surface area contributed by atoms with Crippen molar-refractivity contribution in [3.05, 3.63) is 17.5 Å². The van der Waals surface area contributed by atoms with Gasteiger partial charge >= 0.3 is 6.09 Å². The minimum atomic E-state index is -0.471. The first-order valence-corrected chi connectivity index (χ1v) is 6.93. The first-order chi connectivity index (χ1) is 9.33. The molecule has 1 aromatic heterocycles. The van der Waals surface area contributed by atoms with Gasteiger partial charge in [0, 0.05) is 19.1 Å². The molecule has 0 radical (unpaired) electrons. The zero-order chi connectivity index (χ0) is 14.8. The lowest BCUT2D eigenvalue weighted by Crippen LogP contribution is -2.36. The van der Waals surface area contributed by atoms with Crippen LogP contribution in [0.15, 0.2) is 12.4 Å². The molecule has 1 amide bonds. The predicted molar refractivity (Wildman–Crippen MR) is 76.9 cm³/mol. The fourth-order valence-electron chi connectivity index (χ4n) is 1.99. The molecular weight excluding hydrogens is 280 g/mol. The average molecular weight is 299 g/mol. The molecule has 110 valence electrons. The topological polar surface area (TPSA) is 67.3 Å². The van der Waals surface area contributed by atoms with Crippen molar-refractivity contribution in [3.63, 3.8) is 0 Å². The summed E-state index contributed by atoms with van der Waals surface area (Å²) in [6, 6.07) is 0.135. The minimum Gasteiger partial charge on any atom is -0.444 e. The number of anilines is 1. The molecule has 0 unspecified atom stereocenters. The second-order valence-corrected chi connectivity index (χ2v) is 6.17. The molecule has 1 N–H and O–H groups in total. The normalized spacial score (nSPS) is 19.0. The fourth-order valence-corrected chi connectivity index (χ4v) is 2.14. The summed E-state index contributed by atoms with van der Waals surface area (Å²) in [5.41, 5.74) is -0.471. The Morgan fingerprint density at radius 3 is 2.90 bits per heavy atom. The summed E-state index contributed by atoms with van der Waals surface area (Å²) in [6.07, 6.45) is 3.66. The molecule has 0 bridgehead atoms. The third-order valence-corrected chi connectivity index (χ3v) is 2.98. The van der Waals surface area contributed by atoms with Crippen molar-refractivity contribution in [1.29, 1.82) is 0 Å². The van der Waals surface area contributed by atoms with Crippen LogP contribution in [-0.2, 0) is 4.74 Å². The molecule has 0 saturated carbocycles. The maximum Gasteiger partial charge on any atom is 0.410 e. The van der Waals surface area contributed by atoms with E-state index in [9.17, 15) is 4.79 Å². The van der Waals surface area contributed by atoms with Gasteiger partial charge in [-0.15, -0.1) is 0 Å². The van der Waals surface area contributed by atoms with Gasteiger partial charge in [-0.3, -0.25) is 4.98 Å². The van der Waals surface area contributed by atoms with Crippen molar-refractivity contribution in [2.45, 2.75) is 38.8 Å². The summed E-state index contributed by atoms with van der Waals surface area (Å²) < 4.78 is 5.35. The Bertz CT molecular complexity index is 490. The van der Waals surface area contributed by atoms with Crippen LogP contribution in [-0.4, -0.2) is 45.7 Å². The van der Waals surface area contributed by atoms with E-state index >= 15 is 0 Å². The van der Waals surface area contributed by atoms with Gasteiger partial charge in [-0.05, 0) is 27.2 Å². The number of nitrogens with one attached hydrogen (secondary N) is 1. The zero-order valence-corrected chi connectivity index (χ0v) is 12.6. The highest BCUT2D eigenvalue weighted by atomic mass is 35.5. The second-order valence-electron chi connectivity index (χ2n) is 5.78. The molecule has 0 aromatic carbocycles. The molecule has 6 nitrogen and oxygen atoms in total. The molecule has 1 aromatic rings. The summed E-state index contributed by atoms with van der Waals surface area (Å²) in [7, 11) is 0. The molecule has 1 atom stereocenters. The Hall–Kier alpha value is -1.56. The van der Waals surface area contributed by atoms with E-state index in [1.807, 2.05) is 20.8 Å². The van der Waals surface area contributed by atoms with E-state index in [0.29, 0.717) is 24.1 Å². The van der Waals surface area contributed by atoms with Crippen molar-refractivity contribution in [2.75, 3.05) is 18.4 Å². The van der Waals surface area contributed by atoms with Gasteiger partial charge in [-0.25, -0.2) is 9.78 Å². The molecule has 7 heteroatoms. The maximum absolute atomic E-state index is 11.9. The number of hydrogen-bond donors (Lipinski definition) is 1. The van der Waals surface area contributed by atoms with Crippen LogP contribution < -0.4 is 5.32 Å². The summed E-state index contributed by atoms with van der Waals surface area (Å²) in [6.45, 7) is 6.83. The van der Waals surface area contributed by atoms with Gasteiger partial charge in [-0.1, -0.05) is 11.6 Å². The number of carbonyl (C=O) groups excluding carboxylic acids is 1. The Labute approximate surface area is 123 Å². The molecule has 2 rings (SSSR count). The van der Waals surface area contributed by atoms with Crippen LogP contribution in [0.2, 0.25) is 5.15 Å². The van der Waals surface area contributed by atoms with E-state index in [-0.39, 0.29) is 12.1 Å². The Balaban J connectivity index is 1.88. The van der Waals surface area contributed by atoms with Crippen LogP contribution >= 0.6 is 11.6 Å². The zero-order valence-electron chi connectivity index (χ0n) is 11.9. The Morgan fingerprint density at radius 1 is 1.50 bits per heavy atom. The number of likely N-dealkylation sites (tertiary alicyclic amines) is 1. The molecular formula is C13H19ClN4O2. The summed E-state index contributed by atoms with van der Waals surface area (Å²) in [4.78, 5) is 21.7. The number of hydrogen-bond acceptors (Lipinski definition) is 5. The van der Waals surface area contributed by atoms with Crippen molar-refractivity contribution >= 4 is 23.5 Å². The SMILES string of the molecule is CC(C)(C)OC(=O)N1CC[C@@H](Nc2cncc(Cl)n2)C1. The number of amides is 1. The summed E-state index contributed by atoms with van der Waals surface area (Å²) in [5, 5.41) is 3.57. The predicted octanol–water partition coefficient (Wildman–Crippen LogP) is 2.55. The second kappa shape index (κ2) is 5.83. The highest BCUT2D eigenvalue weighted by molar-refractivity contribution is 6.29. The minimum absolute atomic E-state index is 0.135. The molecule has 0 aliphatic carbocycles.